The predicted molar refractivity (Wildman–Crippen MR) is 80.2 cm³/mol. The summed E-state index contributed by atoms with van der Waals surface area (Å²) in [6.45, 7) is 6.09. The lowest BCUT2D eigenvalue weighted by Crippen LogP contribution is -2.34. The van der Waals surface area contributed by atoms with Gasteiger partial charge in [-0.05, 0) is 42.9 Å². The quantitative estimate of drug-likeness (QED) is 0.899. The first-order valence-electron chi connectivity index (χ1n) is 7.79. The standard InChI is InChI=1S/C17H25NO2/c1-13(18-11-17(2)8-4-3-5-9-17)14-6-7-15-16(10-14)20-12-19-15/h6-7,10,13,18H,3-5,8-9,11-12H2,1-2H3. The Hall–Kier alpha value is -1.22. The van der Waals surface area contributed by atoms with Crippen molar-refractivity contribution in [2.24, 2.45) is 5.41 Å². The molecule has 1 aromatic rings. The molecule has 2 aliphatic rings. The van der Waals surface area contributed by atoms with Crippen LogP contribution >= 0.6 is 0 Å². The van der Waals surface area contributed by atoms with E-state index >= 15 is 0 Å². The highest BCUT2D eigenvalue weighted by atomic mass is 16.7. The van der Waals surface area contributed by atoms with E-state index in [4.69, 9.17) is 9.47 Å². The predicted octanol–water partition coefficient (Wildman–Crippen LogP) is 4.04. The van der Waals surface area contributed by atoms with Crippen LogP contribution in [0, 0.1) is 5.41 Å². The molecule has 110 valence electrons. The second-order valence-electron chi connectivity index (χ2n) is 6.59. The van der Waals surface area contributed by atoms with Crippen molar-refractivity contribution in [2.75, 3.05) is 13.3 Å². The molecule has 0 amide bonds. The van der Waals surface area contributed by atoms with Crippen LogP contribution in [0.1, 0.15) is 57.6 Å². The fourth-order valence-electron chi connectivity index (χ4n) is 3.28. The number of fused-ring (bicyclic) bond motifs is 1. The van der Waals surface area contributed by atoms with Gasteiger partial charge in [-0.3, -0.25) is 0 Å². The van der Waals surface area contributed by atoms with Crippen LogP contribution in [-0.4, -0.2) is 13.3 Å². The van der Waals surface area contributed by atoms with Crippen molar-refractivity contribution in [2.45, 2.75) is 52.0 Å². The second-order valence-corrected chi connectivity index (χ2v) is 6.59. The summed E-state index contributed by atoms with van der Waals surface area (Å²) in [5, 5.41) is 3.70. The van der Waals surface area contributed by atoms with Gasteiger partial charge in [-0.25, -0.2) is 0 Å². The van der Waals surface area contributed by atoms with Crippen LogP contribution in [0.4, 0.5) is 0 Å². The van der Waals surface area contributed by atoms with Gasteiger partial charge in [-0.1, -0.05) is 32.3 Å². The van der Waals surface area contributed by atoms with Gasteiger partial charge in [0.15, 0.2) is 11.5 Å². The summed E-state index contributed by atoms with van der Waals surface area (Å²) in [5.74, 6) is 1.74. The third-order valence-electron chi connectivity index (χ3n) is 4.79. The third kappa shape index (κ3) is 2.93. The van der Waals surface area contributed by atoms with Crippen LogP contribution in [0.3, 0.4) is 0 Å². The minimum atomic E-state index is 0.346. The number of hydrogen-bond acceptors (Lipinski definition) is 3. The molecule has 1 unspecified atom stereocenters. The molecule has 20 heavy (non-hydrogen) atoms. The van der Waals surface area contributed by atoms with Gasteiger partial charge in [-0.2, -0.15) is 0 Å². The molecule has 0 spiro atoms. The molecule has 0 aromatic heterocycles. The molecular formula is C17H25NO2. The number of hydrogen-bond donors (Lipinski definition) is 1. The van der Waals surface area contributed by atoms with Crippen LogP contribution in [0.25, 0.3) is 0 Å². The maximum absolute atomic E-state index is 5.45. The van der Waals surface area contributed by atoms with Crippen molar-refractivity contribution in [3.63, 3.8) is 0 Å². The van der Waals surface area contributed by atoms with Gasteiger partial charge in [0, 0.05) is 12.6 Å². The Morgan fingerprint density at radius 1 is 1.15 bits per heavy atom. The topological polar surface area (TPSA) is 30.5 Å². The highest BCUT2D eigenvalue weighted by Gasteiger charge is 2.27. The molecule has 1 atom stereocenters. The highest BCUT2D eigenvalue weighted by molar-refractivity contribution is 5.45. The molecule has 1 fully saturated rings. The lowest BCUT2D eigenvalue weighted by atomic mass is 9.75. The van der Waals surface area contributed by atoms with Crippen molar-refractivity contribution in [3.05, 3.63) is 23.8 Å². The molecule has 1 heterocycles. The van der Waals surface area contributed by atoms with Crippen LogP contribution in [0.5, 0.6) is 11.5 Å². The first-order chi connectivity index (χ1) is 9.66. The van der Waals surface area contributed by atoms with Gasteiger partial charge in [0.05, 0.1) is 0 Å². The Kier molecular flexibility index (Phi) is 3.88. The first-order valence-corrected chi connectivity index (χ1v) is 7.79. The summed E-state index contributed by atoms with van der Waals surface area (Å²) in [6, 6.07) is 6.60. The third-order valence-corrected chi connectivity index (χ3v) is 4.79. The van der Waals surface area contributed by atoms with Crippen molar-refractivity contribution >= 4 is 0 Å². The molecule has 1 N–H and O–H groups in total. The van der Waals surface area contributed by atoms with Crippen LogP contribution in [0.2, 0.25) is 0 Å². The van der Waals surface area contributed by atoms with Gasteiger partial charge in [-0.15, -0.1) is 0 Å². The average molecular weight is 275 g/mol. The van der Waals surface area contributed by atoms with Crippen molar-refractivity contribution in [3.8, 4) is 11.5 Å². The lowest BCUT2D eigenvalue weighted by Gasteiger charge is -2.35. The van der Waals surface area contributed by atoms with E-state index in [0.29, 0.717) is 18.2 Å². The smallest absolute Gasteiger partial charge is 0.231 e. The van der Waals surface area contributed by atoms with Crippen molar-refractivity contribution < 1.29 is 9.47 Å². The molecule has 1 aromatic carbocycles. The number of benzene rings is 1. The molecule has 3 rings (SSSR count). The maximum Gasteiger partial charge on any atom is 0.231 e. The van der Waals surface area contributed by atoms with Gasteiger partial charge in [0.2, 0.25) is 6.79 Å². The molecule has 1 aliphatic heterocycles. The summed E-state index contributed by atoms with van der Waals surface area (Å²) in [4.78, 5) is 0. The molecular weight excluding hydrogens is 250 g/mol. The van der Waals surface area contributed by atoms with Crippen LogP contribution in [-0.2, 0) is 0 Å². The fraction of sp³-hybridized carbons (Fsp3) is 0.647. The maximum atomic E-state index is 5.45. The van der Waals surface area contributed by atoms with E-state index in [2.05, 4.69) is 31.3 Å². The monoisotopic (exact) mass is 275 g/mol. The highest BCUT2D eigenvalue weighted by Crippen LogP contribution is 2.37. The van der Waals surface area contributed by atoms with E-state index in [1.54, 1.807) is 0 Å². The lowest BCUT2D eigenvalue weighted by molar-refractivity contribution is 0.174. The van der Waals surface area contributed by atoms with E-state index < -0.39 is 0 Å². The Labute approximate surface area is 121 Å². The van der Waals surface area contributed by atoms with Gasteiger partial charge in [0.25, 0.3) is 0 Å². The SMILES string of the molecule is CC(NCC1(C)CCCCC1)c1ccc2c(c1)OCO2. The van der Waals surface area contributed by atoms with E-state index in [-0.39, 0.29) is 0 Å². The van der Waals surface area contributed by atoms with Crippen molar-refractivity contribution in [1.29, 1.82) is 0 Å². The first kappa shape index (κ1) is 13.7. The zero-order valence-electron chi connectivity index (χ0n) is 12.6. The number of nitrogens with one attached hydrogen (secondary N) is 1. The summed E-state index contributed by atoms with van der Waals surface area (Å²) in [7, 11) is 0. The van der Waals surface area contributed by atoms with Crippen LogP contribution < -0.4 is 14.8 Å². The fourth-order valence-corrected chi connectivity index (χ4v) is 3.28. The zero-order valence-corrected chi connectivity index (χ0v) is 12.6. The van der Waals surface area contributed by atoms with Gasteiger partial charge in [0.1, 0.15) is 0 Å². The molecule has 0 bridgehead atoms. The molecule has 0 saturated heterocycles. The summed E-state index contributed by atoms with van der Waals surface area (Å²) in [6.07, 6.45) is 6.89. The van der Waals surface area contributed by atoms with Crippen LogP contribution in [0.15, 0.2) is 18.2 Å². The second kappa shape index (κ2) is 5.65. The van der Waals surface area contributed by atoms with E-state index in [1.165, 1.54) is 37.7 Å². The molecule has 3 nitrogen and oxygen atoms in total. The number of ether oxygens (including phenoxy) is 2. The largest absolute Gasteiger partial charge is 0.454 e. The Bertz CT molecular complexity index is 466. The molecule has 1 saturated carbocycles. The minimum Gasteiger partial charge on any atom is -0.454 e. The minimum absolute atomic E-state index is 0.346. The number of rotatable bonds is 4. The Morgan fingerprint density at radius 2 is 1.90 bits per heavy atom. The zero-order chi connectivity index (χ0) is 14.0. The van der Waals surface area contributed by atoms with Gasteiger partial charge >= 0.3 is 0 Å². The average Bonchev–Trinajstić information content (AvgIpc) is 2.93. The van der Waals surface area contributed by atoms with Crippen molar-refractivity contribution in [1.82, 2.24) is 5.32 Å². The molecule has 1 aliphatic carbocycles. The van der Waals surface area contributed by atoms with E-state index in [1.807, 2.05) is 6.07 Å². The summed E-state index contributed by atoms with van der Waals surface area (Å²) < 4.78 is 10.8. The Balaban J connectivity index is 1.60. The van der Waals surface area contributed by atoms with E-state index in [0.717, 1.165) is 18.0 Å². The van der Waals surface area contributed by atoms with E-state index in [9.17, 15) is 0 Å². The molecule has 3 heteroatoms. The molecule has 0 radical (unpaired) electrons. The summed E-state index contributed by atoms with van der Waals surface area (Å²) in [5.41, 5.74) is 1.75. The van der Waals surface area contributed by atoms with Gasteiger partial charge < -0.3 is 14.8 Å². The normalized spacial score (nSPS) is 21.7. The summed E-state index contributed by atoms with van der Waals surface area (Å²) >= 11 is 0. The Morgan fingerprint density at radius 3 is 2.70 bits per heavy atom.